The quantitative estimate of drug-likeness (QED) is 0.0195. The van der Waals surface area contributed by atoms with E-state index in [2.05, 4.69) is 123 Å². The van der Waals surface area contributed by atoms with Gasteiger partial charge >= 0.3 is 11.9 Å². The van der Waals surface area contributed by atoms with Crippen LogP contribution in [0.2, 0.25) is 0 Å². The molecule has 0 saturated heterocycles. The van der Waals surface area contributed by atoms with Gasteiger partial charge in [-0.05, 0) is 83.5 Å². The molecule has 0 aliphatic carbocycles. The van der Waals surface area contributed by atoms with Crippen molar-refractivity contribution in [2.45, 2.75) is 379 Å². The van der Waals surface area contributed by atoms with Crippen molar-refractivity contribution in [3.05, 3.63) is 109 Å². The van der Waals surface area contributed by atoms with Gasteiger partial charge in [-0.3, -0.25) is 9.59 Å². The van der Waals surface area contributed by atoms with Crippen LogP contribution in [-0.4, -0.2) is 82.3 Å². The Balaban J connectivity index is 4.04. The number of carbonyl (C=O) groups is 3. The molecule has 0 aromatic carbocycles. The Morgan fingerprint density at radius 3 is 0.885 bits per heavy atom. The lowest BCUT2D eigenvalue weighted by molar-refractivity contribution is -0.870. The molecule has 0 radical (unpaired) electrons. The molecule has 96 heavy (non-hydrogen) atoms. The predicted molar refractivity (Wildman–Crippen MR) is 412 cm³/mol. The second-order valence-corrected chi connectivity index (χ2v) is 28.3. The summed E-state index contributed by atoms with van der Waals surface area (Å²) >= 11 is 0. The number of allylic oxidation sites excluding steroid dienone is 18. The Hall–Kier alpha value is -4.05. The van der Waals surface area contributed by atoms with Crippen LogP contribution in [0.5, 0.6) is 0 Å². The number of aliphatic carboxylic acids is 1. The van der Waals surface area contributed by atoms with Crippen molar-refractivity contribution in [3.63, 3.8) is 0 Å². The Morgan fingerprint density at radius 1 is 0.323 bits per heavy atom. The molecule has 0 aliphatic rings. The summed E-state index contributed by atoms with van der Waals surface area (Å²) in [7, 11) is 5.94. The van der Waals surface area contributed by atoms with Crippen molar-refractivity contribution >= 4 is 17.9 Å². The topological polar surface area (TPSA) is 111 Å². The molecule has 554 valence electrons. The van der Waals surface area contributed by atoms with E-state index in [1.807, 2.05) is 21.1 Å². The minimum absolute atomic E-state index is 0.146. The average Bonchev–Trinajstić information content (AvgIpc) is 2.59. The van der Waals surface area contributed by atoms with E-state index in [9.17, 15) is 19.5 Å². The zero-order valence-corrected chi connectivity index (χ0v) is 63.5. The van der Waals surface area contributed by atoms with E-state index in [4.69, 9.17) is 18.9 Å². The number of unbranched alkanes of at least 4 members (excludes halogenated alkanes) is 42. The van der Waals surface area contributed by atoms with Crippen LogP contribution in [0, 0.1) is 0 Å². The van der Waals surface area contributed by atoms with E-state index < -0.39 is 24.3 Å². The van der Waals surface area contributed by atoms with Crippen LogP contribution in [-0.2, 0) is 33.3 Å². The lowest BCUT2D eigenvalue weighted by Crippen LogP contribution is -2.44. The molecule has 0 amide bonds. The first-order chi connectivity index (χ1) is 47.1. The molecule has 0 saturated carbocycles. The molecule has 9 nitrogen and oxygen atoms in total. The second-order valence-electron chi connectivity index (χ2n) is 28.3. The van der Waals surface area contributed by atoms with Gasteiger partial charge in [-0.25, -0.2) is 0 Å². The Labute approximate surface area is 594 Å². The third kappa shape index (κ3) is 77.3. The highest BCUT2D eigenvalue weighted by Gasteiger charge is 2.22. The summed E-state index contributed by atoms with van der Waals surface area (Å²) in [6.07, 6.45) is 105. The van der Waals surface area contributed by atoms with Gasteiger partial charge in [0.05, 0.1) is 40.3 Å². The van der Waals surface area contributed by atoms with Gasteiger partial charge in [0.15, 0.2) is 12.4 Å². The highest BCUT2D eigenvalue weighted by atomic mass is 16.7. The molecule has 0 rings (SSSR count). The molecule has 0 aromatic rings. The maximum Gasteiger partial charge on any atom is 0.306 e. The first kappa shape index (κ1) is 92.0. The Bertz CT molecular complexity index is 1950. The van der Waals surface area contributed by atoms with Crippen molar-refractivity contribution < 1.29 is 42.9 Å². The molecular weight excluding hydrogens is 1190 g/mol. The van der Waals surface area contributed by atoms with E-state index in [1.165, 1.54) is 238 Å². The number of nitrogens with zero attached hydrogens (tertiary/aromatic N) is 1. The van der Waals surface area contributed by atoms with Crippen molar-refractivity contribution in [2.24, 2.45) is 0 Å². The first-order valence-electron chi connectivity index (χ1n) is 40.5. The number of carboxylic acids is 1. The summed E-state index contributed by atoms with van der Waals surface area (Å²) in [5.41, 5.74) is 0. The van der Waals surface area contributed by atoms with Crippen LogP contribution in [0.4, 0.5) is 0 Å². The highest BCUT2D eigenvalue weighted by molar-refractivity contribution is 5.70. The van der Waals surface area contributed by atoms with Gasteiger partial charge < -0.3 is 33.3 Å². The van der Waals surface area contributed by atoms with Crippen molar-refractivity contribution in [3.8, 4) is 0 Å². The van der Waals surface area contributed by atoms with Gasteiger partial charge in [0.2, 0.25) is 0 Å². The van der Waals surface area contributed by atoms with Crippen LogP contribution in [0.15, 0.2) is 109 Å². The van der Waals surface area contributed by atoms with Crippen LogP contribution in [0.1, 0.15) is 367 Å². The molecule has 0 N–H and O–H groups in total. The van der Waals surface area contributed by atoms with E-state index >= 15 is 0 Å². The van der Waals surface area contributed by atoms with Crippen LogP contribution in [0.3, 0.4) is 0 Å². The first-order valence-corrected chi connectivity index (χ1v) is 40.5. The van der Waals surface area contributed by atoms with Gasteiger partial charge in [0.25, 0.3) is 0 Å². The van der Waals surface area contributed by atoms with Crippen molar-refractivity contribution in [1.82, 2.24) is 0 Å². The summed E-state index contributed by atoms with van der Waals surface area (Å²) in [6, 6.07) is 0. The lowest BCUT2D eigenvalue weighted by atomic mass is 10.0. The molecule has 0 aromatic heterocycles. The Kier molecular flexibility index (Phi) is 73.5. The number of ether oxygens (including phenoxy) is 4. The van der Waals surface area contributed by atoms with Gasteiger partial charge in [-0.2, -0.15) is 0 Å². The van der Waals surface area contributed by atoms with Crippen LogP contribution in [0.25, 0.3) is 0 Å². The van der Waals surface area contributed by atoms with E-state index in [0.717, 1.165) is 96.3 Å². The van der Waals surface area contributed by atoms with Gasteiger partial charge in [-0.15, -0.1) is 0 Å². The SMILES string of the molecule is CC/C=C\C/C=C\C/C=C\C/C=C\C/C=C\C/C=C\C/C=C\C/C=C\C/C=C\CCCCCCCCCCCCCCCC(=O)OC(COC(=O)CCCCCCCCCCCCCCCCCCCCCCCCCCCCCCCC)COC(OCC[N+](C)(C)C)C(=O)[O-]. The summed E-state index contributed by atoms with van der Waals surface area (Å²) in [5, 5.41) is 11.9. The Morgan fingerprint density at radius 2 is 0.594 bits per heavy atom. The number of likely N-dealkylation sites (N-methyl/N-ethyl adjacent to an activating group) is 1. The third-order valence-corrected chi connectivity index (χ3v) is 17.8. The summed E-state index contributed by atoms with van der Waals surface area (Å²) < 4.78 is 22.9. The fourth-order valence-corrected chi connectivity index (χ4v) is 11.7. The molecule has 2 atom stereocenters. The largest absolute Gasteiger partial charge is 0.545 e. The van der Waals surface area contributed by atoms with E-state index in [1.54, 1.807) is 0 Å². The maximum absolute atomic E-state index is 13.0. The fraction of sp³-hybridized carbons (Fsp3) is 0.759. The number of carboxylic acid groups (broad SMARTS) is 1. The summed E-state index contributed by atoms with van der Waals surface area (Å²) in [5.74, 6) is -2.27. The minimum atomic E-state index is -1.63. The number of hydrogen-bond acceptors (Lipinski definition) is 8. The number of rotatable bonds is 75. The van der Waals surface area contributed by atoms with Gasteiger partial charge in [0, 0.05) is 12.8 Å². The standard InChI is InChI=1S/C87H153NO8/c1-6-8-10-12-14-16-18-20-22-24-26-28-30-32-34-36-38-39-40-41-42-43-44-45-46-47-48-50-52-54-56-58-60-62-64-66-68-70-72-74-76-78-85(90)96-83(82-95-87(86(91)92)93-80-79-88(3,4)5)81-94-84(89)77-75-73-71-69-67-65-63-61-59-57-55-53-51-49-37-35-33-31-29-27-25-23-21-19-17-15-13-11-9-7-2/h8,10,14,16,20,22,26,28,32,34,38-39,41-42,44-45,47-48,83,87H,6-7,9,11-13,15,17-19,21,23-25,27,29-31,33,35-37,40,43,46,49-82H2,1-5H3/b10-8-,16-14-,22-20-,28-26-,34-32-,39-38-,42-41-,45-44-,48-47-. The maximum atomic E-state index is 13.0. The minimum Gasteiger partial charge on any atom is -0.545 e. The number of hydrogen-bond donors (Lipinski definition) is 0. The molecule has 0 fully saturated rings. The molecule has 9 heteroatoms. The van der Waals surface area contributed by atoms with Crippen molar-refractivity contribution in [2.75, 3.05) is 47.5 Å². The smallest absolute Gasteiger partial charge is 0.306 e. The predicted octanol–water partition coefficient (Wildman–Crippen LogP) is 24.8. The zero-order chi connectivity index (χ0) is 69.7. The normalized spacial score (nSPS) is 13.2. The average molecular weight is 1340 g/mol. The summed E-state index contributed by atoms with van der Waals surface area (Å²) in [6.45, 7) is 4.68. The molecule has 2 unspecified atom stereocenters. The summed E-state index contributed by atoms with van der Waals surface area (Å²) in [4.78, 5) is 37.6. The highest BCUT2D eigenvalue weighted by Crippen LogP contribution is 2.19. The van der Waals surface area contributed by atoms with E-state index in [-0.39, 0.29) is 32.2 Å². The zero-order valence-electron chi connectivity index (χ0n) is 63.5. The molecule has 0 aliphatic heterocycles. The van der Waals surface area contributed by atoms with Crippen molar-refractivity contribution in [1.29, 1.82) is 0 Å². The molecule has 0 heterocycles. The monoisotopic (exact) mass is 1340 g/mol. The fourth-order valence-electron chi connectivity index (χ4n) is 11.7. The molecule has 0 bridgehead atoms. The lowest BCUT2D eigenvalue weighted by Gasteiger charge is -2.26. The molecular formula is C87H153NO8. The molecule has 0 spiro atoms. The van der Waals surface area contributed by atoms with Crippen LogP contribution < -0.4 is 5.11 Å². The number of carbonyl (C=O) groups excluding carboxylic acids is 3. The third-order valence-electron chi connectivity index (χ3n) is 17.8. The number of quaternary nitrogens is 1. The van der Waals surface area contributed by atoms with E-state index in [0.29, 0.717) is 23.9 Å². The van der Waals surface area contributed by atoms with Gasteiger partial charge in [0.1, 0.15) is 13.2 Å². The van der Waals surface area contributed by atoms with Gasteiger partial charge in [-0.1, -0.05) is 380 Å². The second kappa shape index (κ2) is 76.7. The van der Waals surface area contributed by atoms with Crippen LogP contribution >= 0.6 is 0 Å². The number of esters is 2.